The SMILES string of the molecule is Cc1nc(Cl)sc1S(=O)(=O)Nc1cccc(CO)c1. The van der Waals surface area contributed by atoms with Crippen molar-refractivity contribution in [1.29, 1.82) is 0 Å². The highest BCUT2D eigenvalue weighted by atomic mass is 35.5. The van der Waals surface area contributed by atoms with E-state index in [9.17, 15) is 8.42 Å². The first kappa shape index (κ1) is 14.3. The summed E-state index contributed by atoms with van der Waals surface area (Å²) in [6.45, 7) is 1.43. The topological polar surface area (TPSA) is 79.3 Å². The molecule has 1 heterocycles. The van der Waals surface area contributed by atoms with Gasteiger partial charge in [0.05, 0.1) is 12.3 Å². The number of nitrogens with zero attached hydrogens (tertiary/aromatic N) is 1. The van der Waals surface area contributed by atoms with Crippen LogP contribution in [0.25, 0.3) is 0 Å². The van der Waals surface area contributed by atoms with Crippen molar-refractivity contribution in [1.82, 2.24) is 4.98 Å². The van der Waals surface area contributed by atoms with Gasteiger partial charge in [-0.25, -0.2) is 13.4 Å². The van der Waals surface area contributed by atoms with Gasteiger partial charge < -0.3 is 5.11 Å². The summed E-state index contributed by atoms with van der Waals surface area (Å²) in [5.41, 5.74) is 1.37. The van der Waals surface area contributed by atoms with Crippen LogP contribution in [-0.4, -0.2) is 18.5 Å². The summed E-state index contributed by atoms with van der Waals surface area (Å²) in [5, 5.41) is 9.02. The van der Waals surface area contributed by atoms with E-state index in [0.717, 1.165) is 11.3 Å². The van der Waals surface area contributed by atoms with E-state index >= 15 is 0 Å². The predicted molar refractivity (Wildman–Crippen MR) is 75.0 cm³/mol. The van der Waals surface area contributed by atoms with Crippen molar-refractivity contribution in [3.63, 3.8) is 0 Å². The van der Waals surface area contributed by atoms with Crippen molar-refractivity contribution in [3.8, 4) is 0 Å². The molecule has 0 amide bonds. The van der Waals surface area contributed by atoms with Crippen LogP contribution in [-0.2, 0) is 16.6 Å². The molecular weight excluding hydrogens is 308 g/mol. The molecule has 2 rings (SSSR count). The van der Waals surface area contributed by atoms with Gasteiger partial charge in [-0.3, -0.25) is 4.72 Å². The van der Waals surface area contributed by atoms with Crippen molar-refractivity contribution >= 4 is 38.6 Å². The lowest BCUT2D eigenvalue weighted by Crippen LogP contribution is -2.12. The summed E-state index contributed by atoms with van der Waals surface area (Å²) in [6.07, 6.45) is 0. The Morgan fingerprint density at radius 2 is 2.21 bits per heavy atom. The number of thiazole rings is 1. The maximum atomic E-state index is 12.2. The van der Waals surface area contributed by atoms with Crippen LogP contribution >= 0.6 is 22.9 Å². The molecule has 0 bridgehead atoms. The Morgan fingerprint density at radius 3 is 2.79 bits per heavy atom. The number of nitrogens with one attached hydrogen (secondary N) is 1. The van der Waals surface area contributed by atoms with E-state index in [-0.39, 0.29) is 15.3 Å². The summed E-state index contributed by atoms with van der Waals surface area (Å²) in [4.78, 5) is 3.88. The number of rotatable bonds is 4. The van der Waals surface area contributed by atoms with Gasteiger partial charge in [-0.05, 0) is 24.6 Å². The van der Waals surface area contributed by atoms with Crippen LogP contribution in [0.4, 0.5) is 5.69 Å². The van der Waals surface area contributed by atoms with Crippen LogP contribution in [0.5, 0.6) is 0 Å². The second kappa shape index (κ2) is 5.46. The number of aliphatic hydroxyl groups excluding tert-OH is 1. The molecule has 5 nitrogen and oxygen atoms in total. The van der Waals surface area contributed by atoms with E-state index in [1.807, 2.05) is 0 Å². The molecule has 0 radical (unpaired) electrons. The molecule has 0 aliphatic heterocycles. The number of benzene rings is 1. The van der Waals surface area contributed by atoms with Crippen molar-refractivity contribution in [2.24, 2.45) is 0 Å². The quantitative estimate of drug-likeness (QED) is 0.907. The molecule has 19 heavy (non-hydrogen) atoms. The molecule has 0 unspecified atom stereocenters. The molecular formula is C11H11ClN2O3S2. The van der Waals surface area contributed by atoms with E-state index in [2.05, 4.69) is 9.71 Å². The lowest BCUT2D eigenvalue weighted by molar-refractivity contribution is 0.282. The smallest absolute Gasteiger partial charge is 0.273 e. The molecule has 0 fully saturated rings. The molecule has 0 atom stereocenters. The van der Waals surface area contributed by atoms with Crippen molar-refractivity contribution in [2.75, 3.05) is 4.72 Å². The van der Waals surface area contributed by atoms with Gasteiger partial charge >= 0.3 is 0 Å². The number of hydrogen-bond donors (Lipinski definition) is 2. The highest BCUT2D eigenvalue weighted by Gasteiger charge is 2.21. The second-order valence-electron chi connectivity index (χ2n) is 3.80. The molecule has 8 heteroatoms. The average Bonchev–Trinajstić information content (AvgIpc) is 2.69. The zero-order chi connectivity index (χ0) is 14.0. The highest BCUT2D eigenvalue weighted by molar-refractivity contribution is 7.94. The number of aromatic nitrogens is 1. The Bertz CT molecular complexity index is 698. The Morgan fingerprint density at radius 1 is 1.47 bits per heavy atom. The van der Waals surface area contributed by atoms with Crippen LogP contribution in [0, 0.1) is 6.92 Å². The second-order valence-corrected chi connectivity index (χ2v) is 7.26. The number of halogens is 1. The van der Waals surface area contributed by atoms with Gasteiger partial charge in [0.1, 0.15) is 0 Å². The minimum absolute atomic E-state index is 0.0897. The molecule has 102 valence electrons. The van der Waals surface area contributed by atoms with Gasteiger partial charge in [-0.1, -0.05) is 35.1 Å². The first-order valence-corrected chi connectivity index (χ1v) is 7.95. The summed E-state index contributed by atoms with van der Waals surface area (Å²) in [6, 6.07) is 6.53. The number of aryl methyl sites for hydroxylation is 1. The van der Waals surface area contributed by atoms with Crippen LogP contribution in [0.15, 0.2) is 28.5 Å². The molecule has 0 aliphatic rings. The fraction of sp³-hybridized carbons (Fsp3) is 0.182. The standard InChI is InChI=1S/C11H11ClN2O3S2/c1-7-10(18-11(12)13-7)19(16,17)14-9-4-2-3-8(5-9)6-15/h2-5,14-15H,6H2,1H3. The minimum atomic E-state index is -3.71. The average molecular weight is 319 g/mol. The Labute approximate surface area is 119 Å². The van der Waals surface area contributed by atoms with E-state index in [4.69, 9.17) is 16.7 Å². The van der Waals surface area contributed by atoms with E-state index in [1.165, 1.54) is 0 Å². The van der Waals surface area contributed by atoms with Gasteiger partial charge in [-0.2, -0.15) is 0 Å². The first-order valence-electron chi connectivity index (χ1n) is 5.28. The molecule has 2 N–H and O–H groups in total. The molecule has 2 aromatic rings. The number of aliphatic hydroxyl groups is 1. The largest absolute Gasteiger partial charge is 0.392 e. The number of anilines is 1. The Hall–Kier alpha value is -1.15. The molecule has 1 aromatic heterocycles. The van der Waals surface area contributed by atoms with Gasteiger partial charge in [0, 0.05) is 5.69 Å². The van der Waals surface area contributed by atoms with Crippen LogP contribution < -0.4 is 4.72 Å². The molecule has 0 saturated heterocycles. The van der Waals surface area contributed by atoms with Gasteiger partial charge in [0.2, 0.25) is 0 Å². The number of sulfonamides is 1. The molecule has 0 spiro atoms. The lowest BCUT2D eigenvalue weighted by Gasteiger charge is -2.07. The monoisotopic (exact) mass is 318 g/mol. The van der Waals surface area contributed by atoms with E-state index in [1.54, 1.807) is 31.2 Å². The van der Waals surface area contributed by atoms with Gasteiger partial charge in [-0.15, -0.1) is 0 Å². The minimum Gasteiger partial charge on any atom is -0.392 e. The first-order chi connectivity index (χ1) is 8.92. The molecule has 1 aromatic carbocycles. The molecule has 0 saturated carbocycles. The highest BCUT2D eigenvalue weighted by Crippen LogP contribution is 2.28. The lowest BCUT2D eigenvalue weighted by atomic mass is 10.2. The summed E-state index contributed by atoms with van der Waals surface area (Å²) < 4.78 is 27.1. The van der Waals surface area contributed by atoms with Gasteiger partial charge in [0.15, 0.2) is 8.68 Å². The Kier molecular flexibility index (Phi) is 4.10. The Balaban J connectivity index is 2.33. The fourth-order valence-corrected chi connectivity index (χ4v) is 4.32. The number of hydrogen-bond acceptors (Lipinski definition) is 5. The zero-order valence-corrected chi connectivity index (χ0v) is 12.3. The van der Waals surface area contributed by atoms with Crippen molar-refractivity contribution in [3.05, 3.63) is 40.0 Å². The van der Waals surface area contributed by atoms with Crippen molar-refractivity contribution < 1.29 is 13.5 Å². The van der Waals surface area contributed by atoms with Crippen LogP contribution in [0.2, 0.25) is 4.47 Å². The third kappa shape index (κ3) is 3.24. The zero-order valence-electron chi connectivity index (χ0n) is 9.92. The fourth-order valence-electron chi connectivity index (χ4n) is 1.53. The molecule has 0 aliphatic carbocycles. The van der Waals surface area contributed by atoms with E-state index in [0.29, 0.717) is 16.9 Å². The maximum absolute atomic E-state index is 12.2. The van der Waals surface area contributed by atoms with Crippen LogP contribution in [0.1, 0.15) is 11.3 Å². The predicted octanol–water partition coefficient (Wildman–Crippen LogP) is 2.40. The van der Waals surface area contributed by atoms with E-state index < -0.39 is 10.0 Å². The van der Waals surface area contributed by atoms with Crippen molar-refractivity contribution in [2.45, 2.75) is 17.7 Å². The third-order valence-corrected chi connectivity index (χ3v) is 5.59. The summed E-state index contributed by atoms with van der Waals surface area (Å²) >= 11 is 6.61. The van der Waals surface area contributed by atoms with Crippen LogP contribution in [0.3, 0.4) is 0 Å². The summed E-state index contributed by atoms with van der Waals surface area (Å²) in [7, 11) is -3.71. The third-order valence-electron chi connectivity index (χ3n) is 2.33. The maximum Gasteiger partial charge on any atom is 0.273 e. The summed E-state index contributed by atoms with van der Waals surface area (Å²) in [5.74, 6) is 0. The normalized spacial score (nSPS) is 11.5. The van der Waals surface area contributed by atoms with Gasteiger partial charge in [0.25, 0.3) is 10.0 Å².